The van der Waals surface area contributed by atoms with Crippen LogP contribution in [-0.2, 0) is 21.2 Å². The summed E-state index contributed by atoms with van der Waals surface area (Å²) in [4.78, 5) is 12.3. The average Bonchev–Trinajstić information content (AvgIpc) is 2.68. The van der Waals surface area contributed by atoms with Crippen molar-refractivity contribution in [1.29, 1.82) is 0 Å². The highest BCUT2D eigenvalue weighted by molar-refractivity contribution is 7.92. The Labute approximate surface area is 176 Å². The van der Waals surface area contributed by atoms with Gasteiger partial charge in [-0.3, -0.25) is 9.10 Å². The standard InChI is InChI=1S/C20H24ClN3O4S/c1-15(9-10-16-7-5-4-6-8-16)22-23-20(25)14-24(29(3,26)27)17-11-12-19(28-2)18(21)13-17/h4-8,11-13H,9-10,14H2,1-3H3,(H,23,25)/b22-15-. The van der Waals surface area contributed by atoms with Crippen LogP contribution >= 0.6 is 11.6 Å². The zero-order chi connectivity index (χ0) is 21.4. The van der Waals surface area contributed by atoms with Gasteiger partial charge in [0.1, 0.15) is 12.3 Å². The number of methoxy groups -OCH3 is 1. The van der Waals surface area contributed by atoms with E-state index in [0.717, 1.165) is 22.7 Å². The first-order valence-electron chi connectivity index (χ1n) is 8.88. The topological polar surface area (TPSA) is 88.1 Å². The lowest BCUT2D eigenvalue weighted by Gasteiger charge is -2.22. The van der Waals surface area contributed by atoms with Crippen LogP contribution in [0.5, 0.6) is 5.75 Å². The van der Waals surface area contributed by atoms with E-state index in [2.05, 4.69) is 10.5 Å². The second kappa shape index (κ2) is 10.3. The molecule has 0 heterocycles. The third-order valence-electron chi connectivity index (χ3n) is 4.10. The molecule has 2 aromatic carbocycles. The Balaban J connectivity index is 2.02. The van der Waals surface area contributed by atoms with E-state index in [9.17, 15) is 13.2 Å². The van der Waals surface area contributed by atoms with Crippen LogP contribution in [0, 0.1) is 0 Å². The Morgan fingerprint density at radius 3 is 2.48 bits per heavy atom. The first-order chi connectivity index (χ1) is 13.7. The maximum absolute atomic E-state index is 12.3. The van der Waals surface area contributed by atoms with Gasteiger partial charge >= 0.3 is 0 Å². The van der Waals surface area contributed by atoms with Crippen LogP contribution in [-0.4, -0.2) is 39.9 Å². The number of rotatable bonds is 9. The maximum atomic E-state index is 12.3. The van der Waals surface area contributed by atoms with Gasteiger partial charge in [0.15, 0.2) is 0 Å². The summed E-state index contributed by atoms with van der Waals surface area (Å²) in [6, 6.07) is 14.4. The summed E-state index contributed by atoms with van der Waals surface area (Å²) in [7, 11) is -2.25. The predicted molar refractivity (Wildman–Crippen MR) is 116 cm³/mol. The summed E-state index contributed by atoms with van der Waals surface area (Å²) in [5.74, 6) is -0.145. The van der Waals surface area contributed by atoms with Gasteiger partial charge in [0.25, 0.3) is 5.91 Å². The van der Waals surface area contributed by atoms with Gasteiger partial charge < -0.3 is 4.74 Å². The van der Waals surface area contributed by atoms with E-state index in [0.29, 0.717) is 12.2 Å². The van der Waals surface area contributed by atoms with Gasteiger partial charge in [-0.25, -0.2) is 13.8 Å². The molecule has 2 rings (SSSR count). The van der Waals surface area contributed by atoms with E-state index >= 15 is 0 Å². The van der Waals surface area contributed by atoms with Gasteiger partial charge in [-0.2, -0.15) is 5.10 Å². The number of halogens is 1. The predicted octanol–water partition coefficient (Wildman–Crippen LogP) is 3.24. The highest BCUT2D eigenvalue weighted by Crippen LogP contribution is 2.30. The van der Waals surface area contributed by atoms with Crippen molar-refractivity contribution < 1.29 is 17.9 Å². The average molecular weight is 438 g/mol. The summed E-state index contributed by atoms with van der Waals surface area (Å²) in [5.41, 5.74) is 4.59. The zero-order valence-electron chi connectivity index (χ0n) is 16.6. The Morgan fingerprint density at radius 2 is 1.90 bits per heavy atom. The second-order valence-corrected chi connectivity index (χ2v) is 8.77. The van der Waals surface area contributed by atoms with E-state index < -0.39 is 22.5 Å². The molecule has 0 saturated carbocycles. The largest absolute Gasteiger partial charge is 0.495 e. The van der Waals surface area contributed by atoms with Gasteiger partial charge in [0.2, 0.25) is 10.0 Å². The minimum Gasteiger partial charge on any atom is -0.495 e. The molecule has 1 amide bonds. The van der Waals surface area contributed by atoms with Crippen molar-refractivity contribution in [2.45, 2.75) is 19.8 Å². The SMILES string of the molecule is COc1ccc(N(CC(=O)N/N=C(/C)CCc2ccccc2)S(C)(=O)=O)cc1Cl. The molecule has 0 saturated heterocycles. The quantitative estimate of drug-likeness (QED) is 0.481. The lowest BCUT2D eigenvalue weighted by molar-refractivity contribution is -0.119. The summed E-state index contributed by atoms with van der Waals surface area (Å²) in [6.45, 7) is 1.39. The van der Waals surface area contributed by atoms with E-state index in [4.69, 9.17) is 16.3 Å². The molecule has 0 unspecified atom stereocenters. The number of nitrogens with one attached hydrogen (secondary N) is 1. The Kier molecular flexibility index (Phi) is 8.04. The van der Waals surface area contributed by atoms with Crippen molar-refractivity contribution in [3.8, 4) is 5.75 Å². The van der Waals surface area contributed by atoms with E-state index in [1.165, 1.54) is 24.8 Å². The summed E-state index contributed by atoms with van der Waals surface area (Å²) in [6.07, 6.45) is 2.49. The van der Waals surface area contributed by atoms with Crippen molar-refractivity contribution in [3.05, 3.63) is 59.1 Å². The Bertz CT molecular complexity index is 978. The van der Waals surface area contributed by atoms with Crippen LogP contribution in [0.25, 0.3) is 0 Å². The van der Waals surface area contributed by atoms with Crippen LogP contribution in [0.4, 0.5) is 5.69 Å². The number of sulfonamides is 1. The molecule has 29 heavy (non-hydrogen) atoms. The lowest BCUT2D eigenvalue weighted by atomic mass is 10.1. The number of carbonyl (C=O) groups is 1. The number of nitrogens with zero attached hydrogens (tertiary/aromatic N) is 2. The first-order valence-corrected chi connectivity index (χ1v) is 11.1. The van der Waals surface area contributed by atoms with Crippen LogP contribution in [0.3, 0.4) is 0 Å². The third kappa shape index (κ3) is 7.07. The fourth-order valence-corrected chi connectivity index (χ4v) is 3.66. The normalized spacial score (nSPS) is 11.8. The van der Waals surface area contributed by atoms with Gasteiger partial charge in [0.05, 0.1) is 24.1 Å². The highest BCUT2D eigenvalue weighted by atomic mass is 35.5. The molecule has 0 fully saturated rings. The monoisotopic (exact) mass is 437 g/mol. The number of hydrogen-bond acceptors (Lipinski definition) is 5. The molecule has 0 aliphatic carbocycles. The molecule has 7 nitrogen and oxygen atoms in total. The van der Waals surface area contributed by atoms with E-state index in [-0.39, 0.29) is 10.7 Å². The number of anilines is 1. The van der Waals surface area contributed by atoms with Crippen LogP contribution < -0.4 is 14.5 Å². The molecule has 0 atom stereocenters. The molecular formula is C20H24ClN3O4S. The van der Waals surface area contributed by atoms with Crippen molar-refractivity contribution in [2.75, 3.05) is 24.2 Å². The number of hydrazone groups is 1. The van der Waals surface area contributed by atoms with Crippen LogP contribution in [0.15, 0.2) is 53.6 Å². The van der Waals surface area contributed by atoms with Crippen LogP contribution in [0.1, 0.15) is 18.9 Å². The molecule has 156 valence electrons. The summed E-state index contributed by atoms with van der Waals surface area (Å²) in [5, 5.41) is 4.31. The van der Waals surface area contributed by atoms with Crippen LogP contribution in [0.2, 0.25) is 5.02 Å². The third-order valence-corrected chi connectivity index (χ3v) is 5.54. The molecule has 0 aliphatic rings. The zero-order valence-corrected chi connectivity index (χ0v) is 18.1. The fourth-order valence-electron chi connectivity index (χ4n) is 2.56. The molecular weight excluding hydrogens is 414 g/mol. The molecule has 1 N–H and O–H groups in total. The number of hydrogen-bond donors (Lipinski definition) is 1. The number of amides is 1. The number of aryl methyl sites for hydroxylation is 1. The minimum atomic E-state index is -3.71. The molecule has 0 aromatic heterocycles. The van der Waals surface area contributed by atoms with Gasteiger partial charge in [-0.05, 0) is 43.5 Å². The van der Waals surface area contributed by atoms with Gasteiger partial charge in [-0.15, -0.1) is 0 Å². The summed E-state index contributed by atoms with van der Waals surface area (Å²) < 4.78 is 30.4. The molecule has 0 spiro atoms. The maximum Gasteiger partial charge on any atom is 0.260 e. The highest BCUT2D eigenvalue weighted by Gasteiger charge is 2.21. The van der Waals surface area contributed by atoms with Crippen molar-refractivity contribution in [1.82, 2.24) is 5.43 Å². The van der Waals surface area contributed by atoms with Crippen molar-refractivity contribution >= 4 is 38.9 Å². The minimum absolute atomic E-state index is 0.244. The van der Waals surface area contributed by atoms with Gasteiger partial charge in [-0.1, -0.05) is 41.9 Å². The van der Waals surface area contributed by atoms with E-state index in [1.807, 2.05) is 30.3 Å². The number of ether oxygens (including phenoxy) is 1. The fraction of sp³-hybridized carbons (Fsp3) is 0.300. The van der Waals surface area contributed by atoms with Crippen molar-refractivity contribution in [2.24, 2.45) is 5.10 Å². The number of carbonyl (C=O) groups excluding carboxylic acids is 1. The van der Waals surface area contributed by atoms with E-state index in [1.54, 1.807) is 13.0 Å². The van der Waals surface area contributed by atoms with Crippen molar-refractivity contribution in [3.63, 3.8) is 0 Å². The number of benzene rings is 2. The molecule has 0 aliphatic heterocycles. The molecule has 2 aromatic rings. The Morgan fingerprint density at radius 1 is 1.21 bits per heavy atom. The lowest BCUT2D eigenvalue weighted by Crippen LogP contribution is -2.39. The molecule has 9 heteroatoms. The molecule has 0 bridgehead atoms. The Hall–Kier alpha value is -2.58. The smallest absolute Gasteiger partial charge is 0.260 e. The summed E-state index contributed by atoms with van der Waals surface area (Å²) >= 11 is 6.08. The second-order valence-electron chi connectivity index (χ2n) is 6.46. The van der Waals surface area contributed by atoms with Gasteiger partial charge in [0, 0.05) is 5.71 Å². The first kappa shape index (κ1) is 22.7. The molecule has 0 radical (unpaired) electrons.